The SMILES string of the molecule is CCC1CN2CCCCC2CN1CCc1ccc(Cl)s1. The molecule has 1 aromatic rings. The Kier molecular flexibility index (Phi) is 5.03. The van der Waals surface area contributed by atoms with Gasteiger partial charge < -0.3 is 0 Å². The van der Waals surface area contributed by atoms with Crippen molar-refractivity contribution < 1.29 is 0 Å². The molecule has 20 heavy (non-hydrogen) atoms. The third-order valence-electron chi connectivity index (χ3n) is 4.90. The summed E-state index contributed by atoms with van der Waals surface area (Å²) in [5.74, 6) is 0. The van der Waals surface area contributed by atoms with E-state index in [1.54, 1.807) is 11.3 Å². The Bertz CT molecular complexity index is 434. The minimum absolute atomic E-state index is 0.750. The first-order chi connectivity index (χ1) is 9.76. The normalized spacial score (nSPS) is 28.5. The van der Waals surface area contributed by atoms with Gasteiger partial charge in [0.2, 0.25) is 0 Å². The van der Waals surface area contributed by atoms with Crippen molar-refractivity contribution in [1.82, 2.24) is 9.80 Å². The summed E-state index contributed by atoms with van der Waals surface area (Å²) in [6.07, 6.45) is 6.65. The van der Waals surface area contributed by atoms with Crippen LogP contribution in [0.25, 0.3) is 0 Å². The van der Waals surface area contributed by atoms with E-state index in [9.17, 15) is 0 Å². The molecule has 0 amide bonds. The summed E-state index contributed by atoms with van der Waals surface area (Å²) in [4.78, 5) is 6.91. The van der Waals surface area contributed by atoms with E-state index in [4.69, 9.17) is 11.6 Å². The number of halogens is 1. The average Bonchev–Trinajstić information content (AvgIpc) is 2.89. The zero-order chi connectivity index (χ0) is 13.9. The quantitative estimate of drug-likeness (QED) is 0.832. The van der Waals surface area contributed by atoms with Gasteiger partial charge in [0.25, 0.3) is 0 Å². The van der Waals surface area contributed by atoms with Crippen LogP contribution in [0.4, 0.5) is 0 Å². The van der Waals surface area contributed by atoms with Gasteiger partial charge in [0.1, 0.15) is 0 Å². The highest BCUT2D eigenvalue weighted by Gasteiger charge is 2.33. The van der Waals surface area contributed by atoms with Crippen LogP contribution in [0.3, 0.4) is 0 Å². The van der Waals surface area contributed by atoms with Gasteiger partial charge in [0.15, 0.2) is 0 Å². The molecule has 0 bridgehead atoms. The van der Waals surface area contributed by atoms with E-state index in [-0.39, 0.29) is 0 Å². The molecule has 2 nitrogen and oxygen atoms in total. The van der Waals surface area contributed by atoms with Gasteiger partial charge in [-0.05, 0) is 44.4 Å². The highest BCUT2D eigenvalue weighted by Crippen LogP contribution is 2.26. The summed E-state index contributed by atoms with van der Waals surface area (Å²) >= 11 is 7.76. The van der Waals surface area contributed by atoms with Crippen LogP contribution in [-0.2, 0) is 6.42 Å². The number of hydrogen-bond acceptors (Lipinski definition) is 3. The molecule has 3 heterocycles. The second kappa shape index (κ2) is 6.78. The maximum Gasteiger partial charge on any atom is 0.0931 e. The van der Waals surface area contributed by atoms with Gasteiger partial charge in [-0.2, -0.15) is 0 Å². The lowest BCUT2D eigenvalue weighted by Gasteiger charge is -2.48. The van der Waals surface area contributed by atoms with Crippen molar-refractivity contribution in [2.24, 2.45) is 0 Å². The summed E-state index contributed by atoms with van der Waals surface area (Å²) in [6.45, 7) is 7.42. The van der Waals surface area contributed by atoms with E-state index < -0.39 is 0 Å². The fraction of sp³-hybridized carbons (Fsp3) is 0.750. The first-order valence-electron chi connectivity index (χ1n) is 7.98. The van der Waals surface area contributed by atoms with E-state index in [0.29, 0.717) is 0 Å². The lowest BCUT2D eigenvalue weighted by Crippen LogP contribution is -2.59. The van der Waals surface area contributed by atoms with Crippen LogP contribution < -0.4 is 0 Å². The predicted molar refractivity (Wildman–Crippen MR) is 87.9 cm³/mol. The molecule has 3 rings (SSSR count). The Labute approximate surface area is 131 Å². The van der Waals surface area contributed by atoms with Crippen molar-refractivity contribution in [3.63, 3.8) is 0 Å². The molecule has 112 valence electrons. The molecule has 0 N–H and O–H groups in total. The number of thiophene rings is 1. The molecule has 2 aliphatic rings. The van der Waals surface area contributed by atoms with Crippen LogP contribution in [0.15, 0.2) is 12.1 Å². The van der Waals surface area contributed by atoms with E-state index in [0.717, 1.165) is 22.8 Å². The fourth-order valence-corrected chi connectivity index (χ4v) is 4.79. The molecule has 2 unspecified atom stereocenters. The van der Waals surface area contributed by atoms with E-state index in [1.165, 1.54) is 56.7 Å². The summed E-state index contributed by atoms with van der Waals surface area (Å²) in [5.41, 5.74) is 0. The number of fused-ring (bicyclic) bond motifs is 1. The Hall–Kier alpha value is -0.0900. The largest absolute Gasteiger partial charge is 0.298 e. The summed E-state index contributed by atoms with van der Waals surface area (Å²) in [7, 11) is 0. The molecular formula is C16H25ClN2S. The van der Waals surface area contributed by atoms with Gasteiger partial charge in [0, 0.05) is 36.6 Å². The molecule has 2 aliphatic heterocycles. The monoisotopic (exact) mass is 312 g/mol. The van der Waals surface area contributed by atoms with Gasteiger partial charge in [-0.25, -0.2) is 0 Å². The third-order valence-corrected chi connectivity index (χ3v) is 6.19. The number of nitrogens with zero attached hydrogens (tertiary/aromatic N) is 2. The fourth-order valence-electron chi connectivity index (χ4n) is 3.71. The van der Waals surface area contributed by atoms with E-state index in [1.807, 2.05) is 6.07 Å². The zero-order valence-electron chi connectivity index (χ0n) is 12.4. The number of piperidine rings is 1. The minimum atomic E-state index is 0.750. The van der Waals surface area contributed by atoms with Gasteiger partial charge >= 0.3 is 0 Å². The first kappa shape index (κ1) is 14.8. The topological polar surface area (TPSA) is 6.48 Å². The van der Waals surface area contributed by atoms with Crippen LogP contribution in [0.1, 0.15) is 37.5 Å². The molecule has 2 saturated heterocycles. The second-order valence-electron chi connectivity index (χ2n) is 6.16. The molecule has 0 spiro atoms. The summed E-state index contributed by atoms with van der Waals surface area (Å²) in [5, 5.41) is 0. The van der Waals surface area contributed by atoms with E-state index in [2.05, 4.69) is 22.8 Å². The van der Waals surface area contributed by atoms with Crippen molar-refractivity contribution in [3.8, 4) is 0 Å². The molecule has 0 radical (unpaired) electrons. The van der Waals surface area contributed by atoms with Crippen molar-refractivity contribution in [2.45, 2.75) is 51.1 Å². The highest BCUT2D eigenvalue weighted by atomic mass is 35.5. The van der Waals surface area contributed by atoms with Crippen LogP contribution in [0.5, 0.6) is 0 Å². The Balaban J connectivity index is 1.58. The standard InChI is InChI=1S/C16H25ClN2S/c1-2-13-11-18-9-4-3-5-14(18)12-19(13)10-8-15-6-7-16(17)20-15/h6-7,13-14H,2-5,8-12H2,1H3. The Morgan fingerprint density at radius 1 is 1.30 bits per heavy atom. The van der Waals surface area contributed by atoms with Crippen LogP contribution in [0.2, 0.25) is 4.34 Å². The maximum absolute atomic E-state index is 6.03. The summed E-state index contributed by atoms with van der Waals surface area (Å²) in [6, 6.07) is 5.78. The maximum atomic E-state index is 6.03. The van der Waals surface area contributed by atoms with Crippen molar-refractivity contribution >= 4 is 22.9 Å². The number of hydrogen-bond donors (Lipinski definition) is 0. The van der Waals surface area contributed by atoms with Gasteiger partial charge in [-0.3, -0.25) is 9.80 Å². The Morgan fingerprint density at radius 2 is 2.20 bits per heavy atom. The van der Waals surface area contributed by atoms with Crippen molar-refractivity contribution in [3.05, 3.63) is 21.3 Å². The van der Waals surface area contributed by atoms with Gasteiger partial charge in [-0.1, -0.05) is 24.9 Å². The molecule has 2 atom stereocenters. The predicted octanol–water partition coefficient (Wildman–Crippen LogP) is 3.89. The number of piperazine rings is 1. The van der Waals surface area contributed by atoms with E-state index >= 15 is 0 Å². The molecule has 0 aliphatic carbocycles. The Morgan fingerprint density at radius 3 is 2.95 bits per heavy atom. The van der Waals surface area contributed by atoms with Crippen molar-refractivity contribution in [2.75, 3.05) is 26.2 Å². The summed E-state index contributed by atoms with van der Waals surface area (Å²) < 4.78 is 0.921. The molecule has 2 fully saturated rings. The molecule has 4 heteroatoms. The van der Waals surface area contributed by atoms with Gasteiger partial charge in [-0.15, -0.1) is 11.3 Å². The molecule has 1 aromatic heterocycles. The second-order valence-corrected chi connectivity index (χ2v) is 7.96. The molecule has 0 saturated carbocycles. The third kappa shape index (κ3) is 3.38. The number of rotatable bonds is 4. The zero-order valence-corrected chi connectivity index (χ0v) is 13.9. The minimum Gasteiger partial charge on any atom is -0.298 e. The first-order valence-corrected chi connectivity index (χ1v) is 9.18. The lowest BCUT2D eigenvalue weighted by molar-refractivity contribution is 0.00836. The lowest BCUT2D eigenvalue weighted by atomic mass is 9.95. The smallest absolute Gasteiger partial charge is 0.0931 e. The van der Waals surface area contributed by atoms with Crippen LogP contribution >= 0.6 is 22.9 Å². The average molecular weight is 313 g/mol. The van der Waals surface area contributed by atoms with Crippen LogP contribution in [-0.4, -0.2) is 48.1 Å². The van der Waals surface area contributed by atoms with Crippen molar-refractivity contribution in [1.29, 1.82) is 0 Å². The van der Waals surface area contributed by atoms with Gasteiger partial charge in [0.05, 0.1) is 4.34 Å². The highest BCUT2D eigenvalue weighted by molar-refractivity contribution is 7.16. The molecule has 0 aromatic carbocycles. The van der Waals surface area contributed by atoms with Crippen LogP contribution in [0, 0.1) is 0 Å². The molecular weight excluding hydrogens is 288 g/mol.